The Balaban J connectivity index is 1.86. The molecular formula is C19H24N4O4. The molecule has 0 aliphatic heterocycles. The number of aromatic nitrogens is 2. The van der Waals surface area contributed by atoms with E-state index in [1.807, 2.05) is 31.5 Å². The minimum Gasteiger partial charge on any atom is -0.480 e. The number of nitrogens with zero attached hydrogens (tertiary/aromatic N) is 2. The van der Waals surface area contributed by atoms with E-state index in [0.717, 1.165) is 17.0 Å². The molecule has 0 aliphatic rings. The summed E-state index contributed by atoms with van der Waals surface area (Å²) in [5.74, 6) is -1.58. The summed E-state index contributed by atoms with van der Waals surface area (Å²) in [5, 5.41) is 18.1. The van der Waals surface area contributed by atoms with Gasteiger partial charge in [-0.05, 0) is 44.5 Å². The molecule has 1 heterocycles. The number of carboxylic acid groups (broad SMARTS) is 1. The number of aliphatic carboxylic acids is 1. The fraction of sp³-hybridized carbons (Fsp3) is 0.368. The summed E-state index contributed by atoms with van der Waals surface area (Å²) in [6.07, 6.45) is 0.373. The Hall–Kier alpha value is -3.16. The molecule has 1 atom stereocenters. The van der Waals surface area contributed by atoms with Crippen LogP contribution in [-0.4, -0.2) is 39.2 Å². The Morgan fingerprint density at radius 2 is 1.81 bits per heavy atom. The molecule has 1 aromatic heterocycles. The monoisotopic (exact) mass is 372 g/mol. The van der Waals surface area contributed by atoms with Crippen LogP contribution >= 0.6 is 0 Å². The molecule has 144 valence electrons. The van der Waals surface area contributed by atoms with E-state index in [0.29, 0.717) is 12.1 Å². The molecule has 27 heavy (non-hydrogen) atoms. The number of hydrogen-bond acceptors (Lipinski definition) is 4. The third-order valence-corrected chi connectivity index (χ3v) is 3.98. The van der Waals surface area contributed by atoms with Gasteiger partial charge >= 0.3 is 5.97 Å². The predicted molar refractivity (Wildman–Crippen MR) is 100 cm³/mol. The van der Waals surface area contributed by atoms with Gasteiger partial charge in [-0.3, -0.25) is 19.1 Å². The fourth-order valence-corrected chi connectivity index (χ4v) is 2.79. The van der Waals surface area contributed by atoms with Crippen molar-refractivity contribution in [2.75, 3.05) is 11.9 Å². The number of benzene rings is 1. The minimum atomic E-state index is -1.09. The zero-order valence-electron chi connectivity index (χ0n) is 15.7. The average Bonchev–Trinajstić information content (AvgIpc) is 2.93. The lowest BCUT2D eigenvalue weighted by Crippen LogP contribution is -2.30. The number of anilines is 1. The number of aryl methyl sites for hydroxylation is 2. The van der Waals surface area contributed by atoms with Gasteiger partial charge in [-0.25, -0.2) is 0 Å². The molecule has 8 nitrogen and oxygen atoms in total. The molecule has 3 N–H and O–H groups in total. The maximum atomic E-state index is 12.3. The number of carbonyl (C=O) groups is 3. The Kier molecular flexibility index (Phi) is 6.70. The normalized spacial score (nSPS) is 11.7. The predicted octanol–water partition coefficient (Wildman–Crippen LogP) is 1.83. The molecule has 2 amide bonds. The van der Waals surface area contributed by atoms with Crippen LogP contribution in [0.25, 0.3) is 0 Å². The van der Waals surface area contributed by atoms with Crippen molar-refractivity contribution in [1.82, 2.24) is 15.1 Å². The van der Waals surface area contributed by atoms with Crippen LogP contribution in [0, 0.1) is 13.8 Å². The van der Waals surface area contributed by atoms with Gasteiger partial charge in [0.1, 0.15) is 6.54 Å². The SMILES string of the molecule is Cc1cc(C)n(C(C)CC(=O)Nc2ccc(CC(=O)NCC(=O)O)cc2)n1. The fourth-order valence-electron chi connectivity index (χ4n) is 2.79. The van der Waals surface area contributed by atoms with Gasteiger partial charge in [-0.2, -0.15) is 5.10 Å². The van der Waals surface area contributed by atoms with Crippen LogP contribution in [0.15, 0.2) is 30.3 Å². The molecule has 0 radical (unpaired) electrons. The van der Waals surface area contributed by atoms with E-state index in [1.165, 1.54) is 0 Å². The third kappa shape index (κ3) is 6.25. The van der Waals surface area contributed by atoms with Gasteiger partial charge in [0.2, 0.25) is 11.8 Å². The topological polar surface area (TPSA) is 113 Å². The molecular weight excluding hydrogens is 348 g/mol. The van der Waals surface area contributed by atoms with Crippen molar-refractivity contribution in [3.8, 4) is 0 Å². The molecule has 0 bridgehead atoms. The highest BCUT2D eigenvalue weighted by Gasteiger charge is 2.14. The second-order valence-electron chi connectivity index (χ2n) is 6.52. The summed E-state index contributed by atoms with van der Waals surface area (Å²) in [7, 11) is 0. The summed E-state index contributed by atoms with van der Waals surface area (Å²) >= 11 is 0. The van der Waals surface area contributed by atoms with Crippen molar-refractivity contribution in [3.63, 3.8) is 0 Å². The number of rotatable bonds is 8. The molecule has 2 aromatic rings. The van der Waals surface area contributed by atoms with E-state index >= 15 is 0 Å². The summed E-state index contributed by atoms with van der Waals surface area (Å²) in [4.78, 5) is 34.3. The molecule has 1 aromatic carbocycles. The third-order valence-electron chi connectivity index (χ3n) is 3.98. The highest BCUT2D eigenvalue weighted by Crippen LogP contribution is 2.16. The number of carboxylic acids is 1. The van der Waals surface area contributed by atoms with Gasteiger partial charge in [-0.1, -0.05) is 12.1 Å². The first-order chi connectivity index (χ1) is 12.7. The first-order valence-electron chi connectivity index (χ1n) is 8.64. The average molecular weight is 372 g/mol. The largest absolute Gasteiger partial charge is 0.480 e. The van der Waals surface area contributed by atoms with Crippen LogP contribution in [0.2, 0.25) is 0 Å². The number of amides is 2. The van der Waals surface area contributed by atoms with Crippen LogP contribution in [0.3, 0.4) is 0 Å². The molecule has 0 saturated carbocycles. The van der Waals surface area contributed by atoms with Crippen molar-refractivity contribution in [3.05, 3.63) is 47.3 Å². The lowest BCUT2D eigenvalue weighted by atomic mass is 10.1. The molecule has 2 rings (SSSR count). The second kappa shape index (κ2) is 8.98. The Labute approximate surface area is 157 Å². The van der Waals surface area contributed by atoms with Crippen LogP contribution in [-0.2, 0) is 20.8 Å². The lowest BCUT2D eigenvalue weighted by molar-refractivity contribution is -0.137. The van der Waals surface area contributed by atoms with Crippen molar-refractivity contribution in [2.45, 2.75) is 39.7 Å². The number of hydrogen-bond donors (Lipinski definition) is 3. The molecule has 0 spiro atoms. The Bertz CT molecular complexity index is 827. The van der Waals surface area contributed by atoms with Crippen LogP contribution in [0.4, 0.5) is 5.69 Å². The van der Waals surface area contributed by atoms with Gasteiger partial charge in [0.05, 0.1) is 18.2 Å². The summed E-state index contributed by atoms with van der Waals surface area (Å²) in [6, 6.07) is 8.79. The second-order valence-corrected chi connectivity index (χ2v) is 6.52. The van der Waals surface area contributed by atoms with Crippen molar-refractivity contribution in [2.24, 2.45) is 0 Å². The van der Waals surface area contributed by atoms with Gasteiger partial charge < -0.3 is 15.7 Å². The molecule has 8 heteroatoms. The smallest absolute Gasteiger partial charge is 0.322 e. The zero-order valence-corrected chi connectivity index (χ0v) is 15.7. The van der Waals surface area contributed by atoms with Gasteiger partial charge in [0.15, 0.2) is 0 Å². The highest BCUT2D eigenvalue weighted by molar-refractivity contribution is 5.91. The van der Waals surface area contributed by atoms with E-state index in [9.17, 15) is 14.4 Å². The van der Waals surface area contributed by atoms with Gasteiger partial charge in [0.25, 0.3) is 0 Å². The van der Waals surface area contributed by atoms with Gasteiger partial charge in [0, 0.05) is 17.8 Å². The number of carbonyl (C=O) groups excluding carboxylic acids is 2. The Morgan fingerprint density at radius 1 is 1.15 bits per heavy atom. The van der Waals surface area contributed by atoms with E-state index in [1.54, 1.807) is 24.3 Å². The highest BCUT2D eigenvalue weighted by atomic mass is 16.4. The molecule has 0 fully saturated rings. The van der Waals surface area contributed by atoms with Gasteiger partial charge in [-0.15, -0.1) is 0 Å². The van der Waals surface area contributed by atoms with E-state index in [4.69, 9.17) is 5.11 Å². The zero-order chi connectivity index (χ0) is 20.0. The quantitative estimate of drug-likeness (QED) is 0.654. The summed E-state index contributed by atoms with van der Waals surface area (Å²) in [6.45, 7) is 5.41. The van der Waals surface area contributed by atoms with Crippen molar-refractivity contribution in [1.29, 1.82) is 0 Å². The molecule has 0 saturated heterocycles. The molecule has 0 aliphatic carbocycles. The Morgan fingerprint density at radius 3 is 2.37 bits per heavy atom. The lowest BCUT2D eigenvalue weighted by Gasteiger charge is -2.14. The van der Waals surface area contributed by atoms with Crippen molar-refractivity contribution < 1.29 is 19.5 Å². The van der Waals surface area contributed by atoms with E-state index < -0.39 is 12.5 Å². The molecule has 1 unspecified atom stereocenters. The first kappa shape index (κ1) is 20.2. The number of nitrogens with one attached hydrogen (secondary N) is 2. The maximum Gasteiger partial charge on any atom is 0.322 e. The minimum absolute atomic E-state index is 0.0593. The van der Waals surface area contributed by atoms with Crippen LogP contribution in [0.5, 0.6) is 0 Å². The van der Waals surface area contributed by atoms with Crippen molar-refractivity contribution >= 4 is 23.5 Å². The summed E-state index contributed by atoms with van der Waals surface area (Å²) < 4.78 is 1.84. The van der Waals surface area contributed by atoms with E-state index in [2.05, 4.69) is 15.7 Å². The van der Waals surface area contributed by atoms with E-state index in [-0.39, 0.29) is 24.3 Å². The summed E-state index contributed by atoms with van der Waals surface area (Å²) in [5.41, 5.74) is 3.29. The van der Waals surface area contributed by atoms with Crippen LogP contribution in [0.1, 0.15) is 36.3 Å². The van der Waals surface area contributed by atoms with Crippen LogP contribution < -0.4 is 10.6 Å². The first-order valence-corrected chi connectivity index (χ1v) is 8.64. The standard InChI is InChI=1S/C19H24N4O4/c1-12-8-13(2)23(22-12)14(3)9-18(25)21-16-6-4-15(5-7-16)10-17(24)20-11-19(26)27/h4-8,14H,9-11H2,1-3H3,(H,20,24)(H,21,25)(H,26,27). The maximum absolute atomic E-state index is 12.3.